The third kappa shape index (κ3) is 2.84. The fourth-order valence-electron chi connectivity index (χ4n) is 1.48. The number of aromatic nitrogens is 2. The van der Waals surface area contributed by atoms with Gasteiger partial charge in [0.2, 0.25) is 0 Å². The molecular formula is C10H19N3. The van der Waals surface area contributed by atoms with Gasteiger partial charge in [-0.1, -0.05) is 13.8 Å². The summed E-state index contributed by atoms with van der Waals surface area (Å²) < 4.78 is 2.09. The van der Waals surface area contributed by atoms with Gasteiger partial charge in [-0.3, -0.25) is 0 Å². The van der Waals surface area contributed by atoms with Crippen LogP contribution in [0.4, 0.5) is 0 Å². The van der Waals surface area contributed by atoms with Crippen molar-refractivity contribution in [3.05, 3.63) is 18.2 Å². The molecule has 0 saturated carbocycles. The van der Waals surface area contributed by atoms with Crippen LogP contribution >= 0.6 is 0 Å². The van der Waals surface area contributed by atoms with Crippen LogP contribution in [0, 0.1) is 0 Å². The van der Waals surface area contributed by atoms with Gasteiger partial charge < -0.3 is 9.88 Å². The van der Waals surface area contributed by atoms with Crippen LogP contribution in [0.25, 0.3) is 0 Å². The lowest BCUT2D eigenvalue weighted by molar-refractivity contribution is 0.571. The molecule has 3 nitrogen and oxygen atoms in total. The van der Waals surface area contributed by atoms with Gasteiger partial charge in [-0.05, 0) is 19.5 Å². The zero-order valence-electron chi connectivity index (χ0n) is 8.75. The Hall–Kier alpha value is -0.830. The van der Waals surface area contributed by atoms with Gasteiger partial charge in [0.25, 0.3) is 0 Å². The molecule has 0 aliphatic carbocycles. The van der Waals surface area contributed by atoms with Gasteiger partial charge >= 0.3 is 0 Å². The maximum Gasteiger partial charge on any atom is 0.111 e. The average Bonchev–Trinajstić information content (AvgIpc) is 2.52. The Morgan fingerprint density at radius 3 is 2.92 bits per heavy atom. The van der Waals surface area contributed by atoms with Crippen molar-refractivity contribution in [1.82, 2.24) is 14.9 Å². The fourth-order valence-corrected chi connectivity index (χ4v) is 1.48. The summed E-state index contributed by atoms with van der Waals surface area (Å²) in [6, 6.07) is 0. The first-order chi connectivity index (χ1) is 6.25. The number of hydrogen-bond acceptors (Lipinski definition) is 2. The summed E-state index contributed by atoms with van der Waals surface area (Å²) in [5.41, 5.74) is 0. The quantitative estimate of drug-likeness (QED) is 0.698. The maximum atomic E-state index is 4.33. The molecule has 3 heteroatoms. The molecule has 1 rings (SSSR count). The largest absolute Gasteiger partial charge is 0.338 e. The second-order valence-corrected chi connectivity index (χ2v) is 3.44. The minimum atomic E-state index is 0.541. The molecule has 0 radical (unpaired) electrons. The van der Waals surface area contributed by atoms with Crippen molar-refractivity contribution in [3.63, 3.8) is 0 Å². The van der Waals surface area contributed by atoms with Crippen LogP contribution in [0.1, 0.15) is 32.0 Å². The van der Waals surface area contributed by atoms with E-state index in [0.29, 0.717) is 5.92 Å². The van der Waals surface area contributed by atoms with Crippen LogP contribution in [0.15, 0.2) is 12.4 Å². The standard InChI is InChI=1S/C10H19N3/c1-4-11-6-5-9(2)10-12-7-8-13(10)3/h7-9,11H,4-6H2,1-3H3. The first kappa shape index (κ1) is 10.3. The fraction of sp³-hybridized carbons (Fsp3) is 0.700. The van der Waals surface area contributed by atoms with Crippen LogP contribution in [0.3, 0.4) is 0 Å². The number of imidazole rings is 1. The Morgan fingerprint density at radius 2 is 2.38 bits per heavy atom. The van der Waals surface area contributed by atoms with E-state index in [9.17, 15) is 0 Å². The zero-order chi connectivity index (χ0) is 9.68. The van der Waals surface area contributed by atoms with E-state index < -0.39 is 0 Å². The van der Waals surface area contributed by atoms with Gasteiger partial charge in [0, 0.05) is 25.4 Å². The second-order valence-electron chi connectivity index (χ2n) is 3.44. The molecule has 74 valence electrons. The van der Waals surface area contributed by atoms with Crippen molar-refractivity contribution in [2.45, 2.75) is 26.2 Å². The van der Waals surface area contributed by atoms with Gasteiger partial charge in [0.15, 0.2) is 0 Å². The zero-order valence-corrected chi connectivity index (χ0v) is 8.75. The van der Waals surface area contributed by atoms with E-state index in [4.69, 9.17) is 0 Å². The molecule has 0 fully saturated rings. The van der Waals surface area contributed by atoms with E-state index in [-0.39, 0.29) is 0 Å². The van der Waals surface area contributed by atoms with E-state index in [0.717, 1.165) is 19.5 Å². The highest BCUT2D eigenvalue weighted by atomic mass is 15.0. The minimum Gasteiger partial charge on any atom is -0.338 e. The van der Waals surface area contributed by atoms with Crippen LogP contribution < -0.4 is 5.32 Å². The predicted octanol–water partition coefficient (Wildman–Crippen LogP) is 1.52. The highest BCUT2D eigenvalue weighted by Gasteiger charge is 2.08. The van der Waals surface area contributed by atoms with Gasteiger partial charge in [-0.15, -0.1) is 0 Å². The SMILES string of the molecule is CCNCCC(C)c1nccn1C. The Morgan fingerprint density at radius 1 is 1.62 bits per heavy atom. The lowest BCUT2D eigenvalue weighted by atomic mass is 10.1. The monoisotopic (exact) mass is 181 g/mol. The van der Waals surface area contributed by atoms with Gasteiger partial charge in [-0.25, -0.2) is 4.98 Å². The number of rotatable bonds is 5. The number of nitrogens with zero attached hydrogens (tertiary/aromatic N) is 2. The molecule has 1 aromatic rings. The third-order valence-electron chi connectivity index (χ3n) is 2.30. The van der Waals surface area contributed by atoms with E-state index >= 15 is 0 Å². The van der Waals surface area contributed by atoms with Crippen LogP contribution in [0.2, 0.25) is 0 Å². The van der Waals surface area contributed by atoms with Crippen LogP contribution in [-0.2, 0) is 7.05 Å². The summed E-state index contributed by atoms with van der Waals surface area (Å²) in [6.07, 6.45) is 5.01. The highest BCUT2D eigenvalue weighted by molar-refractivity contribution is 4.97. The van der Waals surface area contributed by atoms with Gasteiger partial charge in [0.05, 0.1) is 0 Å². The first-order valence-electron chi connectivity index (χ1n) is 4.93. The molecule has 0 aromatic carbocycles. The van der Waals surface area contributed by atoms with Crippen molar-refractivity contribution in [2.75, 3.05) is 13.1 Å². The topological polar surface area (TPSA) is 29.9 Å². The average molecular weight is 181 g/mol. The number of nitrogens with one attached hydrogen (secondary N) is 1. The molecule has 0 saturated heterocycles. The molecule has 0 amide bonds. The van der Waals surface area contributed by atoms with Crippen LogP contribution in [-0.4, -0.2) is 22.6 Å². The summed E-state index contributed by atoms with van der Waals surface area (Å²) in [4.78, 5) is 4.33. The van der Waals surface area contributed by atoms with Gasteiger partial charge in [-0.2, -0.15) is 0 Å². The molecule has 0 aliphatic rings. The molecule has 0 bridgehead atoms. The van der Waals surface area contributed by atoms with E-state index in [1.54, 1.807) is 0 Å². The van der Waals surface area contributed by atoms with Crippen molar-refractivity contribution >= 4 is 0 Å². The number of aryl methyl sites for hydroxylation is 1. The summed E-state index contributed by atoms with van der Waals surface area (Å²) in [6.45, 7) is 6.48. The number of hydrogen-bond donors (Lipinski definition) is 1. The Labute approximate surface area is 80.2 Å². The molecule has 13 heavy (non-hydrogen) atoms. The lowest BCUT2D eigenvalue weighted by Gasteiger charge is -2.11. The second kappa shape index (κ2) is 5.02. The van der Waals surface area contributed by atoms with Crippen molar-refractivity contribution < 1.29 is 0 Å². The molecule has 1 N–H and O–H groups in total. The normalized spacial score (nSPS) is 13.2. The lowest BCUT2D eigenvalue weighted by Crippen LogP contribution is -2.17. The Balaban J connectivity index is 2.39. The minimum absolute atomic E-state index is 0.541. The summed E-state index contributed by atoms with van der Waals surface area (Å²) in [5.74, 6) is 1.72. The third-order valence-corrected chi connectivity index (χ3v) is 2.30. The summed E-state index contributed by atoms with van der Waals surface area (Å²) in [5, 5.41) is 3.32. The molecule has 0 aliphatic heterocycles. The summed E-state index contributed by atoms with van der Waals surface area (Å²) >= 11 is 0. The van der Waals surface area contributed by atoms with Crippen molar-refractivity contribution in [3.8, 4) is 0 Å². The molecule has 1 heterocycles. The van der Waals surface area contributed by atoms with E-state index in [1.165, 1.54) is 5.82 Å². The summed E-state index contributed by atoms with van der Waals surface area (Å²) in [7, 11) is 2.05. The van der Waals surface area contributed by atoms with E-state index in [2.05, 4.69) is 28.7 Å². The predicted molar refractivity (Wildman–Crippen MR) is 54.8 cm³/mol. The molecule has 0 spiro atoms. The highest BCUT2D eigenvalue weighted by Crippen LogP contribution is 2.14. The smallest absolute Gasteiger partial charge is 0.111 e. The van der Waals surface area contributed by atoms with E-state index in [1.807, 2.05) is 19.4 Å². The van der Waals surface area contributed by atoms with Crippen molar-refractivity contribution in [1.29, 1.82) is 0 Å². The molecular weight excluding hydrogens is 162 g/mol. The molecule has 1 unspecified atom stereocenters. The van der Waals surface area contributed by atoms with Crippen molar-refractivity contribution in [2.24, 2.45) is 7.05 Å². The molecule has 1 aromatic heterocycles. The van der Waals surface area contributed by atoms with Crippen LogP contribution in [0.5, 0.6) is 0 Å². The first-order valence-corrected chi connectivity index (χ1v) is 4.93. The maximum absolute atomic E-state index is 4.33. The van der Waals surface area contributed by atoms with Gasteiger partial charge in [0.1, 0.15) is 5.82 Å². The Kier molecular flexibility index (Phi) is 3.96. The molecule has 1 atom stereocenters. The Bertz CT molecular complexity index is 242.